The summed E-state index contributed by atoms with van der Waals surface area (Å²) in [5, 5.41) is 8.49. The van der Waals surface area contributed by atoms with E-state index in [1.54, 1.807) is 6.92 Å². The Morgan fingerprint density at radius 2 is 2.15 bits per heavy atom. The zero-order valence-corrected chi connectivity index (χ0v) is 9.05. The molecule has 0 heterocycles. The Kier molecular flexibility index (Phi) is 6.21. The minimum Gasteiger partial charge on any atom is -0.394 e. The minimum absolute atomic E-state index is 0.0151. The quantitative estimate of drug-likeness (QED) is 0.640. The van der Waals surface area contributed by atoms with Crippen molar-refractivity contribution in [2.45, 2.75) is 20.3 Å². The standard InChI is InChI=1S/C8H17O4P/c1-3-13(11,12-6-5-9)7-4-8(2)10/h9H,3-7H2,1-2H3. The first-order valence-electron chi connectivity index (χ1n) is 4.37. The second-order valence-corrected chi connectivity index (χ2v) is 5.83. The van der Waals surface area contributed by atoms with Gasteiger partial charge in [0.05, 0.1) is 13.2 Å². The molecule has 0 spiro atoms. The second kappa shape index (κ2) is 6.30. The summed E-state index contributed by atoms with van der Waals surface area (Å²) in [6, 6.07) is 0. The van der Waals surface area contributed by atoms with Crippen molar-refractivity contribution in [1.29, 1.82) is 0 Å². The highest BCUT2D eigenvalue weighted by Gasteiger charge is 2.20. The molecule has 0 aliphatic rings. The first kappa shape index (κ1) is 12.8. The van der Waals surface area contributed by atoms with Gasteiger partial charge < -0.3 is 14.4 Å². The van der Waals surface area contributed by atoms with E-state index in [1.165, 1.54) is 6.92 Å². The number of ketones is 1. The molecule has 0 amide bonds. The van der Waals surface area contributed by atoms with Crippen LogP contribution < -0.4 is 0 Å². The molecule has 0 aliphatic carbocycles. The highest BCUT2D eigenvalue weighted by molar-refractivity contribution is 7.58. The molecular formula is C8H17O4P. The fourth-order valence-electron chi connectivity index (χ4n) is 0.849. The topological polar surface area (TPSA) is 63.6 Å². The van der Waals surface area contributed by atoms with Crippen LogP contribution in [-0.4, -0.2) is 36.4 Å². The van der Waals surface area contributed by atoms with Gasteiger partial charge in [0.25, 0.3) is 0 Å². The molecule has 13 heavy (non-hydrogen) atoms. The number of carbonyl (C=O) groups is 1. The van der Waals surface area contributed by atoms with Gasteiger partial charge in [0.1, 0.15) is 5.78 Å². The van der Waals surface area contributed by atoms with Crippen LogP contribution in [0.5, 0.6) is 0 Å². The Hall–Kier alpha value is -0.180. The van der Waals surface area contributed by atoms with Crippen LogP contribution >= 0.6 is 7.37 Å². The maximum absolute atomic E-state index is 11.8. The van der Waals surface area contributed by atoms with E-state index >= 15 is 0 Å². The van der Waals surface area contributed by atoms with Crippen LogP contribution in [-0.2, 0) is 13.9 Å². The van der Waals surface area contributed by atoms with E-state index in [4.69, 9.17) is 9.63 Å². The second-order valence-electron chi connectivity index (χ2n) is 2.86. The predicted octanol–water partition coefficient (Wildman–Crippen LogP) is 1.27. The summed E-state index contributed by atoms with van der Waals surface area (Å²) in [6.07, 6.45) is 0.996. The lowest BCUT2D eigenvalue weighted by atomic mass is 10.4. The van der Waals surface area contributed by atoms with Gasteiger partial charge in [0, 0.05) is 18.7 Å². The lowest BCUT2D eigenvalue weighted by Gasteiger charge is -2.15. The molecule has 0 radical (unpaired) electrons. The molecule has 1 atom stereocenters. The van der Waals surface area contributed by atoms with E-state index in [-0.39, 0.29) is 25.4 Å². The van der Waals surface area contributed by atoms with Crippen LogP contribution in [0.1, 0.15) is 20.3 Å². The Balaban J connectivity index is 3.96. The molecule has 0 rings (SSSR count). The molecule has 0 aromatic rings. The summed E-state index contributed by atoms with van der Waals surface area (Å²) < 4.78 is 16.8. The van der Waals surface area contributed by atoms with Crippen molar-refractivity contribution in [2.24, 2.45) is 0 Å². The Labute approximate surface area is 78.7 Å². The van der Waals surface area contributed by atoms with E-state index in [0.29, 0.717) is 12.3 Å². The van der Waals surface area contributed by atoms with Gasteiger partial charge in [-0.25, -0.2) is 0 Å². The van der Waals surface area contributed by atoms with E-state index in [1.807, 2.05) is 0 Å². The lowest BCUT2D eigenvalue weighted by molar-refractivity contribution is -0.116. The minimum atomic E-state index is -2.65. The van der Waals surface area contributed by atoms with E-state index < -0.39 is 7.37 Å². The molecule has 0 aliphatic heterocycles. The van der Waals surface area contributed by atoms with Crippen molar-refractivity contribution in [3.8, 4) is 0 Å². The molecule has 5 heteroatoms. The maximum atomic E-state index is 11.8. The molecule has 1 N–H and O–H groups in total. The van der Waals surface area contributed by atoms with Crippen molar-refractivity contribution in [2.75, 3.05) is 25.5 Å². The van der Waals surface area contributed by atoms with Crippen molar-refractivity contribution in [3.05, 3.63) is 0 Å². The molecule has 4 nitrogen and oxygen atoms in total. The summed E-state index contributed by atoms with van der Waals surface area (Å²) >= 11 is 0. The number of hydrogen-bond acceptors (Lipinski definition) is 4. The van der Waals surface area contributed by atoms with Gasteiger partial charge in [0.15, 0.2) is 0 Å². The zero-order chi connectivity index (χ0) is 10.3. The Morgan fingerprint density at radius 3 is 2.54 bits per heavy atom. The molecule has 0 fully saturated rings. The van der Waals surface area contributed by atoms with Crippen LogP contribution in [0, 0.1) is 0 Å². The van der Waals surface area contributed by atoms with Crippen molar-refractivity contribution in [3.63, 3.8) is 0 Å². The summed E-state index contributed by atoms with van der Waals surface area (Å²) in [7, 11) is -2.65. The van der Waals surface area contributed by atoms with Gasteiger partial charge in [-0.15, -0.1) is 0 Å². The first-order valence-corrected chi connectivity index (χ1v) is 6.36. The number of aliphatic hydroxyl groups excluding tert-OH is 1. The van der Waals surface area contributed by atoms with Crippen LogP contribution in [0.2, 0.25) is 0 Å². The summed E-state index contributed by atoms with van der Waals surface area (Å²) in [5.41, 5.74) is 0. The van der Waals surface area contributed by atoms with Gasteiger partial charge in [0.2, 0.25) is 7.37 Å². The zero-order valence-electron chi connectivity index (χ0n) is 8.15. The third kappa shape index (κ3) is 5.97. The van der Waals surface area contributed by atoms with Crippen LogP contribution in [0.4, 0.5) is 0 Å². The monoisotopic (exact) mass is 208 g/mol. The van der Waals surface area contributed by atoms with E-state index in [2.05, 4.69) is 0 Å². The molecule has 0 aromatic heterocycles. The van der Waals surface area contributed by atoms with Gasteiger partial charge in [-0.2, -0.15) is 0 Å². The van der Waals surface area contributed by atoms with Gasteiger partial charge in [-0.3, -0.25) is 4.57 Å². The lowest BCUT2D eigenvalue weighted by Crippen LogP contribution is -2.05. The normalized spacial score (nSPS) is 15.3. The summed E-state index contributed by atoms with van der Waals surface area (Å²) in [4.78, 5) is 10.7. The Morgan fingerprint density at radius 1 is 1.54 bits per heavy atom. The van der Waals surface area contributed by atoms with E-state index in [9.17, 15) is 9.36 Å². The molecule has 0 aromatic carbocycles. The predicted molar refractivity (Wildman–Crippen MR) is 51.4 cm³/mol. The maximum Gasteiger partial charge on any atom is 0.203 e. The SMILES string of the molecule is CCP(=O)(CCC(C)=O)OCCO. The third-order valence-electron chi connectivity index (χ3n) is 1.70. The van der Waals surface area contributed by atoms with Gasteiger partial charge in [-0.05, 0) is 6.92 Å². The fourth-order valence-corrected chi connectivity index (χ4v) is 2.55. The number of Topliss-reactive ketones (excluding diaryl/α,β-unsaturated/α-hetero) is 1. The number of rotatable bonds is 7. The number of carbonyl (C=O) groups excluding carboxylic acids is 1. The number of hydrogen-bond donors (Lipinski definition) is 1. The van der Waals surface area contributed by atoms with Gasteiger partial charge in [-0.1, -0.05) is 6.92 Å². The molecular weight excluding hydrogens is 191 g/mol. The van der Waals surface area contributed by atoms with Crippen molar-refractivity contribution < 1.29 is 19.0 Å². The third-order valence-corrected chi connectivity index (χ3v) is 4.23. The average Bonchev–Trinajstić information content (AvgIpc) is 2.11. The summed E-state index contributed by atoms with van der Waals surface area (Å²) in [5.74, 6) is 0.0151. The van der Waals surface area contributed by atoms with E-state index in [0.717, 1.165) is 0 Å². The molecule has 0 bridgehead atoms. The first-order chi connectivity index (χ1) is 6.04. The Bertz CT molecular complexity index is 202. The largest absolute Gasteiger partial charge is 0.394 e. The van der Waals surface area contributed by atoms with Crippen molar-refractivity contribution >= 4 is 13.2 Å². The average molecular weight is 208 g/mol. The van der Waals surface area contributed by atoms with Crippen LogP contribution in [0.3, 0.4) is 0 Å². The smallest absolute Gasteiger partial charge is 0.203 e. The highest BCUT2D eigenvalue weighted by atomic mass is 31.2. The molecule has 78 valence electrons. The van der Waals surface area contributed by atoms with Gasteiger partial charge >= 0.3 is 0 Å². The number of aliphatic hydroxyl groups is 1. The highest BCUT2D eigenvalue weighted by Crippen LogP contribution is 2.46. The van der Waals surface area contributed by atoms with Crippen molar-refractivity contribution in [1.82, 2.24) is 0 Å². The molecule has 0 saturated carbocycles. The molecule has 1 unspecified atom stereocenters. The fraction of sp³-hybridized carbons (Fsp3) is 0.875. The van der Waals surface area contributed by atoms with Crippen LogP contribution in [0.15, 0.2) is 0 Å². The van der Waals surface area contributed by atoms with Crippen LogP contribution in [0.25, 0.3) is 0 Å². The molecule has 0 saturated heterocycles. The summed E-state index contributed by atoms with van der Waals surface area (Å²) in [6.45, 7) is 3.18.